The molecule has 0 fully saturated rings. The molecule has 53 heavy (non-hydrogen) atoms. The van der Waals surface area contributed by atoms with Crippen LogP contribution in [0.4, 0.5) is 0 Å². The zero-order chi connectivity index (χ0) is 35.1. The van der Waals surface area contributed by atoms with Gasteiger partial charge < -0.3 is 4.42 Å². The Morgan fingerprint density at radius 2 is 0.811 bits per heavy atom. The molecule has 0 aliphatic rings. The van der Waals surface area contributed by atoms with Crippen LogP contribution in [0.5, 0.6) is 0 Å². The van der Waals surface area contributed by atoms with E-state index in [2.05, 4.69) is 170 Å². The zero-order valence-electron chi connectivity index (χ0n) is 28.8. The highest BCUT2D eigenvalue weighted by molar-refractivity contribution is 6.19. The molecule has 8 aromatic carbocycles. The molecular weight excluding hydrogens is 645 g/mol. The van der Waals surface area contributed by atoms with Gasteiger partial charge in [0.2, 0.25) is 0 Å². The predicted octanol–water partition coefficient (Wildman–Crippen LogP) is 13.5. The molecular formula is C50H32N2O. The van der Waals surface area contributed by atoms with Crippen molar-refractivity contribution >= 4 is 32.7 Å². The number of hydrogen-bond acceptors (Lipinski definition) is 3. The Hall–Kier alpha value is -7.10. The van der Waals surface area contributed by atoms with Crippen molar-refractivity contribution in [3.8, 4) is 67.3 Å². The first-order valence-corrected chi connectivity index (χ1v) is 17.9. The number of nitrogens with zero attached hydrogens (tertiary/aromatic N) is 2. The summed E-state index contributed by atoms with van der Waals surface area (Å²) in [5, 5.41) is 4.64. The summed E-state index contributed by atoms with van der Waals surface area (Å²) in [7, 11) is 0. The van der Waals surface area contributed by atoms with Crippen molar-refractivity contribution in [3.63, 3.8) is 0 Å². The summed E-state index contributed by atoms with van der Waals surface area (Å²) in [5.41, 5.74) is 13.4. The minimum atomic E-state index is 0.694. The fraction of sp³-hybridized carbons (Fsp3) is 0. The number of hydrogen-bond donors (Lipinski definition) is 0. The van der Waals surface area contributed by atoms with Crippen LogP contribution in [0, 0.1) is 0 Å². The average Bonchev–Trinajstić information content (AvgIpc) is 3.63. The Kier molecular flexibility index (Phi) is 7.47. The van der Waals surface area contributed by atoms with Crippen molar-refractivity contribution < 1.29 is 4.42 Å². The molecule has 0 unspecified atom stereocenters. The largest absolute Gasteiger partial charge is 0.456 e. The smallest absolute Gasteiger partial charge is 0.160 e. The molecule has 10 rings (SSSR count). The third-order valence-corrected chi connectivity index (χ3v) is 10.1. The molecule has 0 spiro atoms. The van der Waals surface area contributed by atoms with Crippen LogP contribution in [-0.2, 0) is 0 Å². The molecule has 0 amide bonds. The normalized spacial score (nSPS) is 11.4. The maximum Gasteiger partial charge on any atom is 0.160 e. The van der Waals surface area contributed by atoms with E-state index in [1.54, 1.807) is 0 Å². The third kappa shape index (κ3) is 5.75. The van der Waals surface area contributed by atoms with Crippen molar-refractivity contribution in [3.05, 3.63) is 194 Å². The lowest BCUT2D eigenvalue weighted by Crippen LogP contribution is -1.96. The highest BCUT2D eigenvalue weighted by atomic mass is 16.3. The molecule has 0 aliphatic heterocycles. The van der Waals surface area contributed by atoms with Crippen LogP contribution in [0.15, 0.2) is 199 Å². The van der Waals surface area contributed by atoms with Gasteiger partial charge in [-0.25, -0.2) is 9.97 Å². The van der Waals surface area contributed by atoms with Crippen LogP contribution in [-0.4, -0.2) is 9.97 Å². The fourth-order valence-corrected chi connectivity index (χ4v) is 7.39. The SMILES string of the molecule is c1ccc(-c2ccc(-c3cc(-c4ccc5oc6ccc7ccccc7c6c5c4)cc(-c4cc(-c5ccccc5)nc(-c5ccccc5)n4)c3)cc2)cc1. The Balaban J connectivity index is 1.18. The lowest BCUT2D eigenvalue weighted by atomic mass is 9.93. The predicted molar refractivity (Wildman–Crippen MR) is 219 cm³/mol. The molecule has 10 aromatic rings. The average molecular weight is 677 g/mol. The number of fused-ring (bicyclic) bond motifs is 5. The zero-order valence-corrected chi connectivity index (χ0v) is 28.8. The Morgan fingerprint density at radius 3 is 1.53 bits per heavy atom. The molecule has 0 radical (unpaired) electrons. The molecule has 0 aliphatic carbocycles. The van der Waals surface area contributed by atoms with E-state index in [0.717, 1.165) is 72.3 Å². The highest BCUT2D eigenvalue weighted by Crippen LogP contribution is 2.39. The van der Waals surface area contributed by atoms with Crippen LogP contribution >= 0.6 is 0 Å². The molecule has 2 aromatic heterocycles. The Bertz CT molecular complexity index is 2860. The van der Waals surface area contributed by atoms with Crippen LogP contribution in [0.1, 0.15) is 0 Å². The summed E-state index contributed by atoms with van der Waals surface area (Å²) in [6.07, 6.45) is 0. The van der Waals surface area contributed by atoms with E-state index in [9.17, 15) is 0 Å². The first kappa shape index (κ1) is 30.7. The summed E-state index contributed by atoms with van der Waals surface area (Å²) >= 11 is 0. The quantitative estimate of drug-likeness (QED) is 0.176. The number of furan rings is 1. The van der Waals surface area contributed by atoms with Crippen molar-refractivity contribution in [2.24, 2.45) is 0 Å². The maximum atomic E-state index is 6.38. The van der Waals surface area contributed by atoms with Gasteiger partial charge in [0.1, 0.15) is 11.2 Å². The highest BCUT2D eigenvalue weighted by Gasteiger charge is 2.16. The second-order valence-electron chi connectivity index (χ2n) is 13.4. The van der Waals surface area contributed by atoms with Crippen molar-refractivity contribution in [1.29, 1.82) is 0 Å². The standard InChI is InChI=1S/C50H32N2O/c1-4-12-33(13-5-1)34-20-22-35(23-21-34)40-28-41(39-25-26-47-44(31-39)49-43-19-11-10-14-36(43)24-27-48(49)53-47)30-42(29-40)46-32-45(37-15-6-2-7-16-37)51-50(52-46)38-17-8-3-9-18-38/h1-32H. The van der Waals surface area contributed by atoms with Gasteiger partial charge in [0.25, 0.3) is 0 Å². The summed E-state index contributed by atoms with van der Waals surface area (Å²) in [6, 6.07) is 68.1. The molecule has 248 valence electrons. The molecule has 3 nitrogen and oxygen atoms in total. The Morgan fingerprint density at radius 1 is 0.302 bits per heavy atom. The van der Waals surface area contributed by atoms with E-state index in [4.69, 9.17) is 14.4 Å². The van der Waals surface area contributed by atoms with Crippen LogP contribution in [0.2, 0.25) is 0 Å². The maximum absolute atomic E-state index is 6.38. The number of benzene rings is 8. The number of rotatable bonds is 6. The molecule has 0 saturated heterocycles. The topological polar surface area (TPSA) is 38.9 Å². The lowest BCUT2D eigenvalue weighted by molar-refractivity contribution is 0.669. The Labute approximate surface area is 307 Å². The summed E-state index contributed by atoms with van der Waals surface area (Å²) in [4.78, 5) is 10.3. The minimum absolute atomic E-state index is 0.694. The molecule has 2 heterocycles. The van der Waals surface area contributed by atoms with E-state index in [1.165, 1.54) is 21.9 Å². The van der Waals surface area contributed by atoms with Crippen molar-refractivity contribution in [1.82, 2.24) is 9.97 Å². The van der Waals surface area contributed by atoms with Crippen LogP contribution < -0.4 is 0 Å². The summed E-state index contributed by atoms with van der Waals surface area (Å²) in [6.45, 7) is 0. The summed E-state index contributed by atoms with van der Waals surface area (Å²) in [5.74, 6) is 0.694. The van der Waals surface area contributed by atoms with E-state index >= 15 is 0 Å². The molecule has 3 heteroatoms. The van der Waals surface area contributed by atoms with Crippen LogP contribution in [0.3, 0.4) is 0 Å². The third-order valence-electron chi connectivity index (χ3n) is 10.1. The van der Waals surface area contributed by atoms with Gasteiger partial charge in [0.05, 0.1) is 11.4 Å². The lowest BCUT2D eigenvalue weighted by Gasteiger charge is -2.14. The van der Waals surface area contributed by atoms with Gasteiger partial charge in [-0.3, -0.25) is 0 Å². The number of aromatic nitrogens is 2. The van der Waals surface area contributed by atoms with E-state index in [0.29, 0.717) is 5.82 Å². The van der Waals surface area contributed by atoms with Gasteiger partial charge in [-0.2, -0.15) is 0 Å². The first-order chi connectivity index (χ1) is 26.2. The van der Waals surface area contributed by atoms with Crippen LogP contribution in [0.25, 0.3) is 100.0 Å². The second-order valence-corrected chi connectivity index (χ2v) is 13.4. The second kappa shape index (κ2) is 12.9. The summed E-state index contributed by atoms with van der Waals surface area (Å²) < 4.78 is 6.38. The molecule has 0 N–H and O–H groups in total. The van der Waals surface area contributed by atoms with Gasteiger partial charge in [-0.15, -0.1) is 0 Å². The molecule has 0 atom stereocenters. The fourth-order valence-electron chi connectivity index (χ4n) is 7.39. The van der Waals surface area contributed by atoms with Gasteiger partial charge in [0, 0.05) is 27.5 Å². The van der Waals surface area contributed by atoms with Crippen molar-refractivity contribution in [2.45, 2.75) is 0 Å². The van der Waals surface area contributed by atoms with E-state index < -0.39 is 0 Å². The van der Waals surface area contributed by atoms with Crippen molar-refractivity contribution in [2.75, 3.05) is 0 Å². The van der Waals surface area contributed by atoms with E-state index in [-0.39, 0.29) is 0 Å². The van der Waals surface area contributed by atoms with E-state index in [1.807, 2.05) is 24.3 Å². The van der Waals surface area contributed by atoms with Gasteiger partial charge in [0.15, 0.2) is 5.82 Å². The molecule has 0 saturated carbocycles. The monoisotopic (exact) mass is 676 g/mol. The first-order valence-electron chi connectivity index (χ1n) is 17.9. The van der Waals surface area contributed by atoms with Gasteiger partial charge in [-0.05, 0) is 86.6 Å². The van der Waals surface area contributed by atoms with Gasteiger partial charge >= 0.3 is 0 Å². The van der Waals surface area contributed by atoms with Gasteiger partial charge in [-0.1, -0.05) is 152 Å². The minimum Gasteiger partial charge on any atom is -0.456 e. The molecule has 0 bridgehead atoms.